The third kappa shape index (κ3) is 2.58. The fourth-order valence-corrected chi connectivity index (χ4v) is 4.14. The summed E-state index contributed by atoms with van der Waals surface area (Å²) >= 11 is 6.71. The minimum Gasteiger partial charge on any atom is -0.352 e. The monoisotopic (exact) mass is 291 g/mol. The molecule has 1 aromatic rings. The van der Waals surface area contributed by atoms with Gasteiger partial charge in [-0.05, 0) is 48.3 Å². The van der Waals surface area contributed by atoms with Crippen LogP contribution in [0.5, 0.6) is 0 Å². The Hall–Kier alpha value is -1.02. The molecule has 1 fully saturated rings. The van der Waals surface area contributed by atoms with Gasteiger partial charge in [-0.25, -0.2) is 0 Å². The number of aryl methyl sites for hydroxylation is 1. The van der Waals surface area contributed by atoms with Crippen molar-refractivity contribution in [3.63, 3.8) is 0 Å². The molecule has 1 saturated carbocycles. The van der Waals surface area contributed by atoms with Crippen molar-refractivity contribution in [3.05, 3.63) is 34.9 Å². The molecule has 1 aromatic carbocycles. The fraction of sp³-hybridized carbons (Fsp3) is 0.588. The summed E-state index contributed by atoms with van der Waals surface area (Å²) in [5, 5.41) is 3.00. The van der Waals surface area contributed by atoms with E-state index in [1.54, 1.807) is 0 Å². The molecule has 108 valence electrons. The summed E-state index contributed by atoms with van der Waals surface area (Å²) < 4.78 is 0. The smallest absolute Gasteiger partial charge is 0.251 e. The van der Waals surface area contributed by atoms with E-state index in [1.807, 2.05) is 6.07 Å². The summed E-state index contributed by atoms with van der Waals surface area (Å²) in [6.07, 6.45) is 5.75. The lowest BCUT2D eigenvalue weighted by Crippen LogP contribution is -2.23. The van der Waals surface area contributed by atoms with Gasteiger partial charge in [0.25, 0.3) is 5.91 Å². The lowest BCUT2D eigenvalue weighted by atomic mass is 9.89. The molecule has 3 unspecified atom stereocenters. The van der Waals surface area contributed by atoms with Crippen LogP contribution in [-0.4, -0.2) is 12.5 Å². The predicted molar refractivity (Wildman–Crippen MR) is 82.2 cm³/mol. The Morgan fingerprint density at radius 1 is 1.30 bits per heavy atom. The van der Waals surface area contributed by atoms with Crippen molar-refractivity contribution in [1.82, 2.24) is 5.32 Å². The van der Waals surface area contributed by atoms with E-state index < -0.39 is 0 Å². The molecule has 3 atom stereocenters. The second kappa shape index (κ2) is 5.77. The van der Waals surface area contributed by atoms with Crippen LogP contribution in [0.2, 0.25) is 0 Å². The number of benzene rings is 1. The molecular weight excluding hydrogens is 270 g/mol. The zero-order valence-electron chi connectivity index (χ0n) is 12.0. The van der Waals surface area contributed by atoms with E-state index in [1.165, 1.54) is 19.3 Å². The van der Waals surface area contributed by atoms with Gasteiger partial charge < -0.3 is 5.32 Å². The van der Waals surface area contributed by atoms with Crippen LogP contribution in [0.15, 0.2) is 18.2 Å². The molecule has 0 spiro atoms. The topological polar surface area (TPSA) is 29.1 Å². The molecule has 2 aliphatic rings. The third-order valence-electron chi connectivity index (χ3n) is 4.91. The summed E-state index contributed by atoms with van der Waals surface area (Å²) in [5.74, 6) is 1.29. The van der Waals surface area contributed by atoms with Crippen molar-refractivity contribution in [1.29, 1.82) is 0 Å². The average Bonchev–Trinajstić information content (AvgIpc) is 2.79. The van der Waals surface area contributed by atoms with Crippen LogP contribution in [-0.2, 0) is 6.42 Å². The molecule has 0 bridgehead atoms. The van der Waals surface area contributed by atoms with E-state index in [2.05, 4.69) is 24.4 Å². The van der Waals surface area contributed by atoms with Gasteiger partial charge in [0.05, 0.1) is 5.38 Å². The highest BCUT2D eigenvalue weighted by atomic mass is 35.5. The van der Waals surface area contributed by atoms with Crippen LogP contribution in [0.3, 0.4) is 0 Å². The lowest BCUT2D eigenvalue weighted by molar-refractivity contribution is 0.0956. The van der Waals surface area contributed by atoms with Crippen LogP contribution >= 0.6 is 11.6 Å². The summed E-state index contributed by atoms with van der Waals surface area (Å²) in [4.78, 5) is 12.1. The molecule has 20 heavy (non-hydrogen) atoms. The standard InChI is InChI=1S/C17H22ClNO/c1-11-4-2-6-14(11)16(18)13-8-7-12-5-3-9-19-17(20)15(12)10-13/h7-8,10-11,14,16H,2-6,9H2,1H3,(H,19,20). The number of alkyl halides is 1. The minimum absolute atomic E-state index is 0.0360. The number of carbonyl (C=O) groups excluding carboxylic acids is 1. The Balaban J connectivity index is 1.89. The number of amides is 1. The second-order valence-corrected chi connectivity index (χ2v) is 6.72. The molecular formula is C17H22ClNO. The van der Waals surface area contributed by atoms with Crippen molar-refractivity contribution in [2.75, 3.05) is 6.54 Å². The SMILES string of the molecule is CC1CCCC1C(Cl)c1ccc2c(c1)C(=O)NCCC2. The van der Waals surface area contributed by atoms with Crippen LogP contribution in [0.25, 0.3) is 0 Å². The van der Waals surface area contributed by atoms with Crippen molar-refractivity contribution >= 4 is 17.5 Å². The number of hydrogen-bond acceptors (Lipinski definition) is 1. The van der Waals surface area contributed by atoms with Gasteiger partial charge in [0.1, 0.15) is 0 Å². The van der Waals surface area contributed by atoms with Gasteiger partial charge in [-0.2, -0.15) is 0 Å². The van der Waals surface area contributed by atoms with E-state index in [0.29, 0.717) is 11.8 Å². The first kappa shape index (κ1) is 13.9. The van der Waals surface area contributed by atoms with Crippen molar-refractivity contribution in [3.8, 4) is 0 Å². The maximum absolute atomic E-state index is 12.1. The Morgan fingerprint density at radius 3 is 2.90 bits per heavy atom. The molecule has 3 heteroatoms. The number of hydrogen-bond donors (Lipinski definition) is 1. The maximum atomic E-state index is 12.1. The van der Waals surface area contributed by atoms with E-state index >= 15 is 0 Å². The highest BCUT2D eigenvalue weighted by Crippen LogP contribution is 2.43. The van der Waals surface area contributed by atoms with Gasteiger partial charge in [0.2, 0.25) is 0 Å². The molecule has 0 radical (unpaired) electrons. The van der Waals surface area contributed by atoms with Gasteiger partial charge in [-0.15, -0.1) is 11.6 Å². The Kier molecular flexibility index (Phi) is 4.02. The number of fused-ring (bicyclic) bond motifs is 1. The van der Waals surface area contributed by atoms with E-state index in [-0.39, 0.29) is 11.3 Å². The Bertz CT molecular complexity index is 514. The second-order valence-electron chi connectivity index (χ2n) is 6.25. The first-order chi connectivity index (χ1) is 9.66. The molecule has 1 amide bonds. The first-order valence-electron chi connectivity index (χ1n) is 7.72. The molecule has 1 N–H and O–H groups in total. The van der Waals surface area contributed by atoms with Crippen molar-refractivity contribution < 1.29 is 4.79 Å². The summed E-state index contributed by atoms with van der Waals surface area (Å²) in [5.41, 5.74) is 3.10. The van der Waals surface area contributed by atoms with Gasteiger partial charge >= 0.3 is 0 Å². The van der Waals surface area contributed by atoms with Crippen LogP contribution in [0, 0.1) is 11.8 Å². The Morgan fingerprint density at radius 2 is 2.15 bits per heavy atom. The van der Waals surface area contributed by atoms with E-state index in [0.717, 1.165) is 36.1 Å². The zero-order chi connectivity index (χ0) is 14.1. The summed E-state index contributed by atoms with van der Waals surface area (Å²) in [7, 11) is 0. The molecule has 3 rings (SSSR count). The van der Waals surface area contributed by atoms with E-state index in [4.69, 9.17) is 11.6 Å². The van der Waals surface area contributed by atoms with Crippen molar-refractivity contribution in [2.45, 2.75) is 44.4 Å². The molecule has 2 nitrogen and oxygen atoms in total. The normalized spacial score (nSPS) is 27.6. The van der Waals surface area contributed by atoms with E-state index in [9.17, 15) is 4.79 Å². The van der Waals surface area contributed by atoms with Gasteiger partial charge in [0, 0.05) is 12.1 Å². The molecule has 1 aliphatic heterocycles. The number of rotatable bonds is 2. The maximum Gasteiger partial charge on any atom is 0.251 e. The van der Waals surface area contributed by atoms with Gasteiger partial charge in [-0.3, -0.25) is 4.79 Å². The van der Waals surface area contributed by atoms with Crippen molar-refractivity contribution in [2.24, 2.45) is 11.8 Å². The highest BCUT2D eigenvalue weighted by molar-refractivity contribution is 6.21. The number of halogens is 1. The van der Waals surface area contributed by atoms with Gasteiger partial charge in [0.15, 0.2) is 0 Å². The molecule has 0 aromatic heterocycles. The highest BCUT2D eigenvalue weighted by Gasteiger charge is 2.31. The summed E-state index contributed by atoms with van der Waals surface area (Å²) in [6, 6.07) is 6.25. The van der Waals surface area contributed by atoms with Crippen LogP contribution in [0.4, 0.5) is 0 Å². The fourth-order valence-electron chi connectivity index (χ4n) is 3.63. The third-order valence-corrected chi connectivity index (χ3v) is 5.48. The molecule has 0 saturated heterocycles. The number of carbonyl (C=O) groups is 1. The van der Waals surface area contributed by atoms with Crippen LogP contribution < -0.4 is 5.32 Å². The first-order valence-corrected chi connectivity index (χ1v) is 8.15. The largest absolute Gasteiger partial charge is 0.352 e. The molecule has 1 aliphatic carbocycles. The average molecular weight is 292 g/mol. The quantitative estimate of drug-likeness (QED) is 0.817. The van der Waals surface area contributed by atoms with Gasteiger partial charge in [-0.1, -0.05) is 31.9 Å². The Labute approximate surface area is 125 Å². The summed E-state index contributed by atoms with van der Waals surface area (Å²) in [6.45, 7) is 3.07. The molecule has 1 heterocycles. The predicted octanol–water partition coefficient (Wildman–Crippen LogP) is 4.08. The zero-order valence-corrected chi connectivity index (χ0v) is 12.7. The number of nitrogens with one attached hydrogen (secondary N) is 1. The lowest BCUT2D eigenvalue weighted by Gasteiger charge is -2.22. The minimum atomic E-state index is 0.0360. The van der Waals surface area contributed by atoms with Crippen LogP contribution in [0.1, 0.15) is 59.5 Å².